The smallest absolute Gasteiger partial charge is 0.130 e. The summed E-state index contributed by atoms with van der Waals surface area (Å²) in [4.78, 5) is 0. The summed E-state index contributed by atoms with van der Waals surface area (Å²) in [6.45, 7) is 4.83. The van der Waals surface area contributed by atoms with Gasteiger partial charge in [-0.15, -0.1) is 6.42 Å². The Bertz CT molecular complexity index is 1350. The molecule has 7 aliphatic rings. The van der Waals surface area contributed by atoms with Crippen molar-refractivity contribution in [2.24, 2.45) is 46.3 Å². The highest BCUT2D eigenvalue weighted by Gasteiger charge is 2.62. The van der Waals surface area contributed by atoms with Crippen LogP contribution in [0.15, 0.2) is 41.7 Å². The zero-order valence-corrected chi connectivity index (χ0v) is 25.1. The third-order valence-electron chi connectivity index (χ3n) is 14.4. The van der Waals surface area contributed by atoms with E-state index in [-0.39, 0.29) is 10.8 Å². The van der Waals surface area contributed by atoms with Gasteiger partial charge in [-0.3, -0.25) is 0 Å². The third-order valence-corrected chi connectivity index (χ3v) is 14.4. The molecule has 4 saturated carbocycles. The van der Waals surface area contributed by atoms with Crippen LogP contribution in [0.25, 0.3) is 0 Å². The molecule has 8 rings (SSSR count). The quantitative estimate of drug-likeness (QED) is 0.365. The van der Waals surface area contributed by atoms with Gasteiger partial charge in [-0.05, 0) is 153 Å². The van der Waals surface area contributed by atoms with Crippen LogP contribution in [0, 0.1) is 58.7 Å². The first-order valence-electron chi connectivity index (χ1n) is 16.8. The predicted molar refractivity (Wildman–Crippen MR) is 162 cm³/mol. The number of hydrogen-bond donors (Lipinski definition) is 2. The molecule has 3 nitrogen and oxygen atoms in total. The van der Waals surface area contributed by atoms with E-state index in [2.05, 4.69) is 38.0 Å². The number of aliphatic hydroxyl groups is 1. The zero-order valence-electron chi connectivity index (χ0n) is 25.1. The van der Waals surface area contributed by atoms with Crippen molar-refractivity contribution in [3.63, 3.8) is 0 Å². The van der Waals surface area contributed by atoms with Gasteiger partial charge in [-0.25, -0.2) is 0 Å². The second-order valence-corrected chi connectivity index (χ2v) is 15.7. The summed E-state index contributed by atoms with van der Waals surface area (Å²) in [7, 11) is 0. The van der Waals surface area contributed by atoms with Crippen molar-refractivity contribution in [3.05, 3.63) is 52.8 Å². The van der Waals surface area contributed by atoms with Crippen molar-refractivity contribution in [1.82, 2.24) is 0 Å². The van der Waals surface area contributed by atoms with Gasteiger partial charge >= 0.3 is 0 Å². The molecule has 0 spiro atoms. The maximum atomic E-state index is 11.3. The van der Waals surface area contributed by atoms with Gasteiger partial charge in [-0.1, -0.05) is 31.9 Å². The molecule has 0 saturated heterocycles. The Hall–Kier alpha value is -2.18. The van der Waals surface area contributed by atoms with Crippen molar-refractivity contribution in [2.45, 2.75) is 115 Å². The number of phenolic OH excluding ortho intramolecular Hbond substituents is 1. The first kappa shape index (κ1) is 26.4. The highest BCUT2D eigenvalue weighted by atomic mass is 16.5. The number of rotatable bonds is 2. The average molecular weight is 553 g/mol. The van der Waals surface area contributed by atoms with Crippen LogP contribution in [0.1, 0.15) is 108 Å². The van der Waals surface area contributed by atoms with Crippen molar-refractivity contribution < 1.29 is 14.9 Å². The lowest BCUT2D eigenvalue weighted by Gasteiger charge is -2.54. The van der Waals surface area contributed by atoms with Gasteiger partial charge < -0.3 is 14.9 Å². The fourth-order valence-electron chi connectivity index (χ4n) is 12.2. The van der Waals surface area contributed by atoms with Crippen molar-refractivity contribution in [1.29, 1.82) is 0 Å². The molecule has 0 aromatic heterocycles. The summed E-state index contributed by atoms with van der Waals surface area (Å²) in [5.41, 5.74) is 3.66. The SMILES string of the molecule is C#C[C@]1(O)CC[C@H]2[C@@H]3CC=C4C=C(O[C@H]5CC[C@H]6[C@@H]7CCc8cc(O)ccc8[C@H]7CC[C@]56C)CC[C@@H]4[C@H]3CC[C@@]21C. The molecule has 3 heteroatoms. The van der Waals surface area contributed by atoms with Crippen LogP contribution in [-0.2, 0) is 11.2 Å². The number of terminal acetylenes is 1. The van der Waals surface area contributed by atoms with Crippen LogP contribution in [0.3, 0.4) is 0 Å². The van der Waals surface area contributed by atoms with Crippen LogP contribution in [0.4, 0.5) is 0 Å². The van der Waals surface area contributed by atoms with Gasteiger partial charge in [0.25, 0.3) is 0 Å². The Morgan fingerprint density at radius 1 is 0.878 bits per heavy atom. The number of aryl methyl sites for hydroxylation is 1. The predicted octanol–water partition coefficient (Wildman–Crippen LogP) is 8.06. The molecule has 7 aliphatic carbocycles. The zero-order chi connectivity index (χ0) is 28.1. The van der Waals surface area contributed by atoms with E-state index in [1.165, 1.54) is 67.4 Å². The number of allylic oxidation sites excluding steroid dienone is 4. The van der Waals surface area contributed by atoms with E-state index in [1.54, 1.807) is 0 Å². The molecular formula is C38H48O3. The second-order valence-electron chi connectivity index (χ2n) is 15.7. The maximum absolute atomic E-state index is 11.3. The Balaban J connectivity index is 0.984. The molecule has 1 aromatic rings. The molecule has 0 amide bonds. The van der Waals surface area contributed by atoms with E-state index in [0.29, 0.717) is 35.5 Å². The number of fused-ring (bicyclic) bond motifs is 10. The molecule has 4 fully saturated rings. The fourth-order valence-corrected chi connectivity index (χ4v) is 12.2. The van der Waals surface area contributed by atoms with E-state index in [1.807, 2.05) is 12.1 Å². The first-order chi connectivity index (χ1) is 19.7. The van der Waals surface area contributed by atoms with E-state index >= 15 is 0 Å². The largest absolute Gasteiger partial charge is 0.508 e. The van der Waals surface area contributed by atoms with Gasteiger partial charge in [0.15, 0.2) is 0 Å². The van der Waals surface area contributed by atoms with E-state index in [4.69, 9.17) is 11.2 Å². The topological polar surface area (TPSA) is 49.7 Å². The molecule has 0 bridgehead atoms. The number of hydrogen-bond acceptors (Lipinski definition) is 3. The Labute approximate surface area is 246 Å². The molecular weight excluding hydrogens is 504 g/mol. The van der Waals surface area contributed by atoms with E-state index in [0.717, 1.165) is 56.3 Å². The molecule has 1 aromatic carbocycles. The standard InChI is InChI=1S/C38H48O3/c1-4-38(40)20-17-34-32-10-6-24-22-26(8-12-28(24)30(32)16-19-37(34,38)3)41-35-14-13-33-31-9-5-23-21-25(39)7-11-27(23)29(31)15-18-36(33,35)2/h1,6-7,11,21-22,28-35,39-40H,5,8-10,12-20H2,2-3H3/t28-,29+,30+,31+,32+,33-,34-,35-,36-,37-,38-/m0/s1. The lowest BCUT2D eigenvalue weighted by atomic mass is 9.51. The molecule has 0 radical (unpaired) electrons. The number of benzene rings is 1. The minimum atomic E-state index is -0.918. The highest BCUT2D eigenvalue weighted by molar-refractivity contribution is 5.40. The Morgan fingerprint density at radius 3 is 2.61 bits per heavy atom. The van der Waals surface area contributed by atoms with Crippen LogP contribution in [-0.4, -0.2) is 21.9 Å². The van der Waals surface area contributed by atoms with Crippen molar-refractivity contribution in [3.8, 4) is 18.1 Å². The van der Waals surface area contributed by atoms with Gasteiger partial charge in [0.1, 0.15) is 17.5 Å². The van der Waals surface area contributed by atoms with Crippen LogP contribution < -0.4 is 0 Å². The van der Waals surface area contributed by atoms with Crippen molar-refractivity contribution >= 4 is 0 Å². The minimum Gasteiger partial charge on any atom is -0.508 e. The monoisotopic (exact) mass is 552 g/mol. The molecule has 0 heterocycles. The summed E-state index contributed by atoms with van der Waals surface area (Å²) in [6.07, 6.45) is 26.1. The van der Waals surface area contributed by atoms with Gasteiger partial charge in [0.05, 0.1) is 5.76 Å². The van der Waals surface area contributed by atoms with Crippen LogP contribution in [0.2, 0.25) is 0 Å². The Kier molecular flexibility index (Phi) is 5.91. The lowest BCUT2D eigenvalue weighted by molar-refractivity contribution is -0.0811. The molecule has 41 heavy (non-hydrogen) atoms. The molecule has 0 unspecified atom stereocenters. The highest BCUT2D eigenvalue weighted by Crippen LogP contribution is 2.65. The molecule has 218 valence electrons. The molecule has 2 N–H and O–H groups in total. The number of aromatic hydroxyl groups is 1. The summed E-state index contributed by atoms with van der Waals surface area (Å²) in [5.74, 6) is 9.21. The van der Waals surface area contributed by atoms with Gasteiger partial charge in [0, 0.05) is 17.3 Å². The third kappa shape index (κ3) is 3.68. The second kappa shape index (κ2) is 9.16. The van der Waals surface area contributed by atoms with E-state index in [9.17, 15) is 10.2 Å². The van der Waals surface area contributed by atoms with Crippen LogP contribution >= 0.6 is 0 Å². The summed E-state index contributed by atoms with van der Waals surface area (Å²) >= 11 is 0. The van der Waals surface area contributed by atoms with Gasteiger partial charge in [-0.2, -0.15) is 0 Å². The Morgan fingerprint density at radius 2 is 1.76 bits per heavy atom. The summed E-state index contributed by atoms with van der Waals surface area (Å²) in [5, 5.41) is 21.3. The minimum absolute atomic E-state index is 0.122. The number of phenols is 1. The van der Waals surface area contributed by atoms with Gasteiger partial charge in [0.2, 0.25) is 0 Å². The number of ether oxygens (including phenoxy) is 1. The summed E-state index contributed by atoms with van der Waals surface area (Å²) < 4.78 is 7.03. The first-order valence-corrected chi connectivity index (χ1v) is 16.8. The maximum Gasteiger partial charge on any atom is 0.130 e. The molecule has 0 aliphatic heterocycles. The summed E-state index contributed by atoms with van der Waals surface area (Å²) in [6, 6.07) is 6.13. The van der Waals surface area contributed by atoms with Crippen molar-refractivity contribution in [2.75, 3.05) is 0 Å². The molecule has 11 atom stereocenters. The van der Waals surface area contributed by atoms with E-state index < -0.39 is 5.60 Å². The van der Waals surface area contributed by atoms with Crippen LogP contribution in [0.5, 0.6) is 5.75 Å². The fraction of sp³-hybridized carbons (Fsp3) is 0.684. The normalized spacial score (nSPS) is 47.8. The average Bonchev–Trinajstić information content (AvgIpc) is 3.45. The lowest BCUT2D eigenvalue weighted by Crippen LogP contribution is -2.51.